The van der Waals surface area contributed by atoms with Crippen LogP contribution in [0.5, 0.6) is 0 Å². The number of guanidine groups is 2. The number of nitrogens with one attached hydrogen (secondary N) is 7. The number of carbonyl (C=O) groups excluding carboxylic acids is 9. The van der Waals surface area contributed by atoms with Crippen molar-refractivity contribution in [1.82, 2.24) is 42.1 Å². The SMILES string of the molecule is CC(=O)N[C@H]1CSCc2cccc(c2)CSC[C@@H](C(N)=O)NC(=O)[C@H](Cc2ccccc2)NC(=O)[C@H](CCCN=C(N)N)NC(=O)[C@H](CS)NC(=O)[C@H](CCCN=C(N)N)NC(=O)[C@@H]2CCCN2C(=O)[C@H](Cc2ccccc2)NC1=O. The van der Waals surface area contributed by atoms with Crippen molar-refractivity contribution in [1.29, 1.82) is 0 Å². The van der Waals surface area contributed by atoms with Crippen LogP contribution in [0.2, 0.25) is 0 Å². The number of thiol groups is 1. The zero-order valence-electron chi connectivity index (χ0n) is 45.2. The molecule has 9 amide bonds. The van der Waals surface area contributed by atoms with Crippen molar-refractivity contribution in [2.75, 3.05) is 36.9 Å². The number of rotatable bonds is 15. The van der Waals surface area contributed by atoms with Crippen molar-refractivity contribution >= 4 is 101 Å². The fourth-order valence-electron chi connectivity index (χ4n) is 9.00. The summed E-state index contributed by atoms with van der Waals surface area (Å²) in [7, 11) is 0. The number of nitrogens with two attached hydrogens (primary N) is 5. The average molecular weight is 1170 g/mol. The summed E-state index contributed by atoms with van der Waals surface area (Å²) < 4.78 is 0. The smallest absolute Gasteiger partial charge is 0.246 e. The van der Waals surface area contributed by atoms with Crippen molar-refractivity contribution in [3.63, 3.8) is 0 Å². The van der Waals surface area contributed by atoms with Crippen molar-refractivity contribution in [3.8, 4) is 0 Å². The summed E-state index contributed by atoms with van der Waals surface area (Å²) in [5.74, 6) is -5.98. The van der Waals surface area contributed by atoms with E-state index in [1.165, 1.54) is 35.3 Å². The van der Waals surface area contributed by atoms with Crippen LogP contribution in [0, 0.1) is 0 Å². The lowest BCUT2D eigenvalue weighted by molar-refractivity contribution is -0.142. The van der Waals surface area contributed by atoms with Gasteiger partial charge in [-0.1, -0.05) is 84.9 Å². The second-order valence-corrected chi connectivity index (χ2v) is 21.9. The lowest BCUT2D eigenvalue weighted by Crippen LogP contribution is -2.60. The third-order valence-electron chi connectivity index (χ3n) is 13.1. The molecule has 17 N–H and O–H groups in total. The minimum absolute atomic E-state index is 0.0284. The Morgan fingerprint density at radius 1 is 0.605 bits per heavy atom. The number of thioether (sulfide) groups is 2. The quantitative estimate of drug-likeness (QED) is 0.0360. The molecule has 27 heteroatoms. The van der Waals surface area contributed by atoms with Gasteiger partial charge in [0.1, 0.15) is 48.3 Å². The molecule has 5 rings (SSSR count). The average Bonchev–Trinajstić information content (AvgIpc) is 3.94. The van der Waals surface area contributed by atoms with E-state index in [-0.39, 0.29) is 93.8 Å². The first-order chi connectivity index (χ1) is 38.8. The topological polar surface area (TPSA) is 396 Å². The molecule has 2 aliphatic heterocycles. The number of benzene rings is 3. The molecule has 1 saturated heterocycles. The van der Waals surface area contributed by atoms with Gasteiger partial charge in [-0.05, 0) is 60.8 Å². The summed E-state index contributed by atoms with van der Waals surface area (Å²) in [5.41, 5.74) is 31.3. The van der Waals surface area contributed by atoms with Gasteiger partial charge in [-0.2, -0.15) is 36.2 Å². The minimum atomic E-state index is -1.40. The molecular weight excluding hydrogens is 1100 g/mol. The highest BCUT2D eigenvalue weighted by Crippen LogP contribution is 2.23. The highest BCUT2D eigenvalue weighted by molar-refractivity contribution is 7.98. The van der Waals surface area contributed by atoms with Crippen LogP contribution in [0.1, 0.15) is 67.7 Å². The van der Waals surface area contributed by atoms with E-state index in [0.717, 1.165) is 11.1 Å². The molecule has 0 aliphatic carbocycles. The Morgan fingerprint density at radius 3 is 1.62 bits per heavy atom. The summed E-state index contributed by atoms with van der Waals surface area (Å²) in [6.45, 7) is 1.57. The molecule has 8 atom stereocenters. The third kappa shape index (κ3) is 21.8. The van der Waals surface area contributed by atoms with Gasteiger partial charge < -0.3 is 70.8 Å². The Bertz CT molecular complexity index is 2700. The first-order valence-electron chi connectivity index (χ1n) is 26.5. The number of amides is 9. The molecule has 24 nitrogen and oxygen atoms in total. The van der Waals surface area contributed by atoms with Gasteiger partial charge in [-0.25, -0.2) is 0 Å². The van der Waals surface area contributed by atoms with Crippen LogP contribution in [0.4, 0.5) is 0 Å². The molecule has 0 unspecified atom stereocenters. The maximum Gasteiger partial charge on any atom is 0.246 e. The van der Waals surface area contributed by atoms with Crippen molar-refractivity contribution in [2.45, 2.75) is 118 Å². The Kier molecular flexibility index (Phi) is 26.4. The van der Waals surface area contributed by atoms with Crippen LogP contribution in [0.3, 0.4) is 0 Å². The van der Waals surface area contributed by atoms with E-state index in [4.69, 9.17) is 28.7 Å². The summed E-state index contributed by atoms with van der Waals surface area (Å²) in [6.07, 6.45) is 0.916. The number of nitrogens with zero attached hydrogens (tertiary/aromatic N) is 3. The van der Waals surface area contributed by atoms with Crippen molar-refractivity contribution in [3.05, 3.63) is 107 Å². The summed E-state index contributed by atoms with van der Waals surface area (Å²) >= 11 is 7.09. The monoisotopic (exact) mass is 1170 g/mol. The van der Waals surface area contributed by atoms with E-state index in [0.29, 0.717) is 29.1 Å². The fourth-order valence-corrected chi connectivity index (χ4v) is 11.3. The van der Waals surface area contributed by atoms with E-state index in [1.807, 2.05) is 30.3 Å². The molecule has 0 aromatic heterocycles. The molecule has 0 spiro atoms. The van der Waals surface area contributed by atoms with E-state index in [9.17, 15) is 43.2 Å². The zero-order valence-corrected chi connectivity index (χ0v) is 47.7. The van der Waals surface area contributed by atoms with E-state index in [1.54, 1.807) is 54.6 Å². The molecule has 1 fully saturated rings. The van der Waals surface area contributed by atoms with Gasteiger partial charge in [-0.3, -0.25) is 53.1 Å². The third-order valence-corrected chi connectivity index (χ3v) is 15.7. The molecule has 0 saturated carbocycles. The van der Waals surface area contributed by atoms with Crippen molar-refractivity contribution in [2.24, 2.45) is 38.7 Å². The van der Waals surface area contributed by atoms with Gasteiger partial charge in [0.25, 0.3) is 0 Å². The van der Waals surface area contributed by atoms with Crippen LogP contribution in [0.15, 0.2) is 94.9 Å². The van der Waals surface area contributed by atoms with Crippen LogP contribution in [-0.2, 0) is 67.5 Å². The van der Waals surface area contributed by atoms with Gasteiger partial charge >= 0.3 is 0 Å². The molecule has 438 valence electrons. The Labute approximate surface area is 485 Å². The fraction of sp³-hybridized carbons (Fsp3) is 0.463. The van der Waals surface area contributed by atoms with E-state index < -0.39 is 101 Å². The molecule has 81 heavy (non-hydrogen) atoms. The van der Waals surface area contributed by atoms with Crippen LogP contribution in [0.25, 0.3) is 0 Å². The second-order valence-electron chi connectivity index (χ2n) is 19.5. The van der Waals surface area contributed by atoms with Gasteiger partial charge in [0.15, 0.2) is 11.9 Å². The maximum absolute atomic E-state index is 14.8. The van der Waals surface area contributed by atoms with Gasteiger partial charge in [0.05, 0.1) is 0 Å². The first kappa shape index (κ1) is 64.3. The Hall–Kier alpha value is -7.52. The number of hydrogen-bond donors (Lipinski definition) is 13. The molecule has 3 aromatic rings. The highest BCUT2D eigenvalue weighted by atomic mass is 32.2. The summed E-state index contributed by atoms with van der Waals surface area (Å²) in [6, 6.07) is 15.6. The molecule has 3 aromatic carbocycles. The number of carbonyl (C=O) groups is 9. The highest BCUT2D eigenvalue weighted by Gasteiger charge is 2.40. The lowest BCUT2D eigenvalue weighted by atomic mass is 10.0. The van der Waals surface area contributed by atoms with Crippen molar-refractivity contribution < 1.29 is 43.2 Å². The zero-order chi connectivity index (χ0) is 58.8. The van der Waals surface area contributed by atoms with Crippen LogP contribution < -0.4 is 65.9 Å². The molecule has 2 bridgehead atoms. The predicted molar refractivity (Wildman–Crippen MR) is 316 cm³/mol. The van der Waals surface area contributed by atoms with Crippen LogP contribution in [-0.4, -0.2) is 155 Å². The lowest BCUT2D eigenvalue weighted by Gasteiger charge is -2.31. The number of aliphatic imine (C=N–C) groups is 2. The van der Waals surface area contributed by atoms with E-state index >= 15 is 0 Å². The number of primary amides is 1. The van der Waals surface area contributed by atoms with Gasteiger partial charge in [-0.15, -0.1) is 0 Å². The number of hydrogen-bond acceptors (Lipinski definition) is 14. The van der Waals surface area contributed by atoms with E-state index in [2.05, 4.69) is 59.8 Å². The largest absolute Gasteiger partial charge is 0.370 e. The van der Waals surface area contributed by atoms with Gasteiger partial charge in [0.2, 0.25) is 53.2 Å². The van der Waals surface area contributed by atoms with Crippen LogP contribution >= 0.6 is 36.2 Å². The second kappa shape index (κ2) is 33.3. The normalized spacial score (nSPS) is 23.3. The standard InChI is InChI=1S/C54H75N15O9S3/c1-32(70)62-43-31-81-29-36-17-8-16-35(24-36)28-80-30-42(45(55)71)68-48(74)39(25-33-12-4-2-5-13-33)65-46(72)37(18-9-21-60-53(56)57)63-49(75)41(27-79)67-47(73)38(19-10-22-61-54(58)59)64-51(77)44-20-11-23-69(44)52(78)40(66-50(43)76)26-34-14-6-3-7-15-34/h2-8,12-17,24,37-44,79H,9-11,18-23,25-31H2,1H3,(H2,55,71)(H,62,70)(H,63,75)(H,64,77)(H,65,72)(H,66,76)(H,67,73)(H,68,74)(H4,56,57,60)(H4,58,59,61)/t37-,38-,39-,40-,41-,42-,43-,44-/m0/s1. The molecular formula is C54H75N15O9S3. The maximum atomic E-state index is 14.8. The predicted octanol–water partition coefficient (Wildman–Crippen LogP) is -1.42. The molecule has 2 heterocycles. The Balaban J connectivity index is 1.51. The molecule has 2 aliphatic rings. The molecule has 0 radical (unpaired) electrons. The summed E-state index contributed by atoms with van der Waals surface area (Å²) in [5, 5.41) is 19.2. The number of fused-ring (bicyclic) bond motifs is 3. The minimum Gasteiger partial charge on any atom is -0.370 e. The summed E-state index contributed by atoms with van der Waals surface area (Å²) in [4.78, 5) is 135. The Morgan fingerprint density at radius 2 is 1.09 bits per heavy atom. The van der Waals surface area contributed by atoms with Gasteiger partial charge in [0, 0.05) is 68.2 Å². The first-order valence-corrected chi connectivity index (χ1v) is 29.5.